The number of carbonyl (C=O) groups is 1. The second kappa shape index (κ2) is 18.2. The van der Waals surface area contributed by atoms with Gasteiger partial charge < -0.3 is 14.4 Å². The van der Waals surface area contributed by atoms with E-state index in [-0.39, 0.29) is 0 Å². The van der Waals surface area contributed by atoms with Crippen LogP contribution in [0.1, 0.15) is 40.5 Å². The standard InChI is InChI=1S/C6H13NO.C6H11NO.C5H11NO.C4H6/c1-2-7-3-5-8-6-4-7;1-2-7-5-3-4-6(7)8;1-2-6-3-4-7-5-6;1-3-4-2/h2-6H2,1H3;2-5H2,1H3;2-5H2,1H3;4H,1H2,2H3. The zero-order valence-electron chi connectivity index (χ0n) is 18.0. The van der Waals surface area contributed by atoms with Crippen LogP contribution in [0, 0.1) is 0 Å². The highest BCUT2D eigenvalue weighted by molar-refractivity contribution is 5.77. The highest BCUT2D eigenvalue weighted by atomic mass is 16.5. The van der Waals surface area contributed by atoms with Crippen LogP contribution in [0.3, 0.4) is 0 Å². The number of allylic oxidation sites excluding steroid dienone is 1. The first-order chi connectivity index (χ1) is 13.1. The van der Waals surface area contributed by atoms with E-state index in [1.54, 1.807) is 6.08 Å². The maximum absolute atomic E-state index is 10.7. The van der Waals surface area contributed by atoms with Crippen molar-refractivity contribution in [1.29, 1.82) is 0 Å². The lowest BCUT2D eigenvalue weighted by Crippen LogP contribution is -2.35. The predicted molar refractivity (Wildman–Crippen MR) is 112 cm³/mol. The molecule has 3 saturated heterocycles. The van der Waals surface area contributed by atoms with E-state index in [0.29, 0.717) is 5.91 Å². The Hall–Kier alpha value is -1.17. The molecule has 3 aliphatic rings. The molecule has 6 heteroatoms. The number of hydrogen-bond acceptors (Lipinski definition) is 5. The van der Waals surface area contributed by atoms with Crippen LogP contribution in [0.15, 0.2) is 18.4 Å². The van der Waals surface area contributed by atoms with Crippen molar-refractivity contribution in [1.82, 2.24) is 14.7 Å². The second-order valence-corrected chi connectivity index (χ2v) is 6.36. The van der Waals surface area contributed by atoms with Crippen molar-refractivity contribution in [3.63, 3.8) is 0 Å². The minimum absolute atomic E-state index is 0.326. The van der Waals surface area contributed by atoms with Gasteiger partial charge in [0.1, 0.15) is 0 Å². The lowest BCUT2D eigenvalue weighted by molar-refractivity contribution is -0.127. The Morgan fingerprint density at radius 1 is 0.963 bits per heavy atom. The monoisotopic (exact) mass is 383 g/mol. The lowest BCUT2D eigenvalue weighted by atomic mass is 10.4. The van der Waals surface area contributed by atoms with E-state index < -0.39 is 0 Å². The highest BCUT2D eigenvalue weighted by Crippen LogP contribution is 2.07. The number of rotatable bonds is 3. The van der Waals surface area contributed by atoms with E-state index in [0.717, 1.165) is 78.7 Å². The molecule has 3 fully saturated rings. The third-order valence-electron chi connectivity index (χ3n) is 4.58. The number of nitrogens with zero attached hydrogens (tertiary/aromatic N) is 3. The smallest absolute Gasteiger partial charge is 0.222 e. The van der Waals surface area contributed by atoms with Gasteiger partial charge >= 0.3 is 0 Å². The predicted octanol–water partition coefficient (Wildman–Crippen LogP) is 2.61. The largest absolute Gasteiger partial charge is 0.379 e. The van der Waals surface area contributed by atoms with Gasteiger partial charge in [-0.15, -0.1) is 5.73 Å². The molecule has 3 rings (SSSR count). The average Bonchev–Trinajstić information content (AvgIpc) is 3.41. The van der Waals surface area contributed by atoms with Gasteiger partial charge in [-0.2, -0.15) is 0 Å². The molecule has 27 heavy (non-hydrogen) atoms. The summed E-state index contributed by atoms with van der Waals surface area (Å²) in [6.45, 7) is 22.7. The Labute approximate surface area is 166 Å². The van der Waals surface area contributed by atoms with Crippen molar-refractivity contribution in [3.8, 4) is 0 Å². The molecule has 1 amide bonds. The van der Waals surface area contributed by atoms with E-state index in [1.165, 1.54) is 6.54 Å². The van der Waals surface area contributed by atoms with Crippen LogP contribution in [0.5, 0.6) is 0 Å². The van der Waals surface area contributed by atoms with Crippen molar-refractivity contribution in [2.75, 3.05) is 72.4 Å². The van der Waals surface area contributed by atoms with Crippen LogP contribution in [0.4, 0.5) is 0 Å². The van der Waals surface area contributed by atoms with E-state index in [1.807, 2.05) is 18.7 Å². The van der Waals surface area contributed by atoms with Crippen LogP contribution >= 0.6 is 0 Å². The van der Waals surface area contributed by atoms with Gasteiger partial charge in [-0.05, 0) is 39.4 Å². The number of morpholine rings is 1. The molecule has 0 bridgehead atoms. The minimum Gasteiger partial charge on any atom is -0.379 e. The molecular weight excluding hydrogens is 342 g/mol. The Bertz CT molecular complexity index is 399. The third-order valence-corrected chi connectivity index (χ3v) is 4.58. The highest BCUT2D eigenvalue weighted by Gasteiger charge is 2.17. The molecule has 0 aromatic heterocycles. The molecule has 0 radical (unpaired) electrons. The second-order valence-electron chi connectivity index (χ2n) is 6.36. The minimum atomic E-state index is 0.326. The molecule has 0 spiro atoms. The van der Waals surface area contributed by atoms with E-state index >= 15 is 0 Å². The van der Waals surface area contributed by atoms with Gasteiger partial charge in [0.15, 0.2) is 0 Å². The lowest BCUT2D eigenvalue weighted by Gasteiger charge is -2.24. The van der Waals surface area contributed by atoms with Gasteiger partial charge in [0.2, 0.25) is 5.91 Å². The summed E-state index contributed by atoms with van der Waals surface area (Å²) in [5.41, 5.74) is 2.56. The van der Waals surface area contributed by atoms with E-state index in [2.05, 4.69) is 36.0 Å². The zero-order valence-corrected chi connectivity index (χ0v) is 18.0. The summed E-state index contributed by atoms with van der Waals surface area (Å²) < 4.78 is 10.2. The van der Waals surface area contributed by atoms with Crippen molar-refractivity contribution in [2.24, 2.45) is 0 Å². The summed E-state index contributed by atoms with van der Waals surface area (Å²) in [7, 11) is 0. The van der Waals surface area contributed by atoms with Crippen LogP contribution in [-0.4, -0.2) is 93.0 Å². The molecule has 0 unspecified atom stereocenters. The average molecular weight is 384 g/mol. The quantitative estimate of drug-likeness (QED) is 0.701. The van der Waals surface area contributed by atoms with Gasteiger partial charge in [0.05, 0.1) is 26.6 Å². The van der Waals surface area contributed by atoms with Crippen molar-refractivity contribution in [2.45, 2.75) is 40.5 Å². The molecular formula is C21H41N3O3. The van der Waals surface area contributed by atoms with Crippen LogP contribution in [0.2, 0.25) is 0 Å². The Morgan fingerprint density at radius 3 is 1.78 bits per heavy atom. The van der Waals surface area contributed by atoms with Crippen LogP contribution < -0.4 is 0 Å². The molecule has 0 aromatic carbocycles. The molecule has 0 saturated carbocycles. The number of hydrogen-bond donors (Lipinski definition) is 0. The topological polar surface area (TPSA) is 45.2 Å². The number of ether oxygens (including phenoxy) is 2. The summed E-state index contributed by atoms with van der Waals surface area (Å²) in [6.07, 6.45) is 3.60. The fraction of sp³-hybridized carbons (Fsp3) is 0.810. The van der Waals surface area contributed by atoms with Crippen molar-refractivity contribution >= 4 is 5.91 Å². The molecule has 3 heterocycles. The summed E-state index contributed by atoms with van der Waals surface area (Å²) >= 11 is 0. The Morgan fingerprint density at radius 2 is 1.52 bits per heavy atom. The van der Waals surface area contributed by atoms with E-state index in [9.17, 15) is 4.79 Å². The molecule has 158 valence electrons. The van der Waals surface area contributed by atoms with Gasteiger partial charge in [-0.25, -0.2) is 0 Å². The fourth-order valence-corrected chi connectivity index (χ4v) is 2.66. The molecule has 0 atom stereocenters. The molecule has 6 nitrogen and oxygen atoms in total. The molecule has 0 aliphatic carbocycles. The maximum atomic E-state index is 10.7. The number of carbonyl (C=O) groups excluding carboxylic acids is 1. The molecule has 0 aromatic rings. The number of amides is 1. The van der Waals surface area contributed by atoms with Gasteiger partial charge in [-0.1, -0.05) is 20.4 Å². The first kappa shape index (κ1) is 25.8. The van der Waals surface area contributed by atoms with Crippen LogP contribution in [0.25, 0.3) is 0 Å². The summed E-state index contributed by atoms with van der Waals surface area (Å²) in [5.74, 6) is 0.326. The van der Waals surface area contributed by atoms with Crippen molar-refractivity contribution in [3.05, 3.63) is 18.4 Å². The first-order valence-electron chi connectivity index (χ1n) is 10.3. The maximum Gasteiger partial charge on any atom is 0.222 e. The van der Waals surface area contributed by atoms with Gasteiger partial charge in [0, 0.05) is 39.1 Å². The Kier molecular flexibility index (Phi) is 17.4. The first-order valence-corrected chi connectivity index (χ1v) is 10.3. The van der Waals surface area contributed by atoms with Crippen LogP contribution in [-0.2, 0) is 14.3 Å². The summed E-state index contributed by atoms with van der Waals surface area (Å²) in [5, 5.41) is 0. The summed E-state index contributed by atoms with van der Waals surface area (Å²) in [4.78, 5) is 17.3. The summed E-state index contributed by atoms with van der Waals surface area (Å²) in [6, 6.07) is 0. The number of likely N-dealkylation sites (tertiary alicyclic amines) is 1. The fourth-order valence-electron chi connectivity index (χ4n) is 2.66. The zero-order chi connectivity index (χ0) is 20.3. The Balaban J connectivity index is 0.000000344. The van der Waals surface area contributed by atoms with Gasteiger partial charge in [-0.3, -0.25) is 14.6 Å². The molecule has 0 N–H and O–H groups in total. The van der Waals surface area contributed by atoms with Gasteiger partial charge in [0.25, 0.3) is 0 Å². The van der Waals surface area contributed by atoms with E-state index in [4.69, 9.17) is 9.47 Å². The van der Waals surface area contributed by atoms with Crippen molar-refractivity contribution < 1.29 is 14.3 Å². The number of likely N-dealkylation sites (N-methyl/N-ethyl adjacent to an activating group) is 2. The SMILES string of the molecule is C=C=CC.CCN1CCCC1=O.CCN1CCOC1.CCN1CCOCC1. The normalized spacial score (nSPS) is 19.7. The third kappa shape index (κ3) is 13.6. The molecule has 3 aliphatic heterocycles.